The second-order valence-corrected chi connectivity index (χ2v) is 13.7. The standard InChI is InChI=1S/C36H44F6N6O4/c1-9-26-17-29(28-13-21(3)45-22(4)31(28)48(26)33(50)51-10-2)47(20-23-14-24(35(37,38)39)16-25(15-23)36(40,41)42)32-43-18-27(19-44-32)46(8)12-11-30(49)52-34(5,6)7/h13-16,18-19,26,29H,9-12,17,20H2,1-8H3. The van der Waals surface area contributed by atoms with Gasteiger partial charge in [-0.1, -0.05) is 6.92 Å². The molecule has 52 heavy (non-hydrogen) atoms. The first kappa shape index (κ1) is 40.1. The van der Waals surface area contributed by atoms with Crippen LogP contribution >= 0.6 is 0 Å². The quantitative estimate of drug-likeness (QED) is 0.150. The molecule has 1 aliphatic rings. The summed E-state index contributed by atoms with van der Waals surface area (Å²) < 4.78 is 94.4. The summed E-state index contributed by atoms with van der Waals surface area (Å²) >= 11 is 0. The van der Waals surface area contributed by atoms with Crippen LogP contribution in [0.25, 0.3) is 0 Å². The average Bonchev–Trinajstić information content (AvgIpc) is 3.04. The fourth-order valence-corrected chi connectivity index (χ4v) is 6.24. The van der Waals surface area contributed by atoms with Crippen LogP contribution in [-0.4, -0.2) is 58.9 Å². The number of fused-ring (bicyclic) bond motifs is 1. The second-order valence-electron chi connectivity index (χ2n) is 13.7. The number of alkyl halides is 6. The van der Waals surface area contributed by atoms with Crippen molar-refractivity contribution in [3.05, 3.63) is 70.3 Å². The van der Waals surface area contributed by atoms with E-state index in [1.165, 1.54) is 17.3 Å². The van der Waals surface area contributed by atoms with Crippen LogP contribution < -0.4 is 14.7 Å². The lowest BCUT2D eigenvalue weighted by molar-refractivity contribution is -0.154. The summed E-state index contributed by atoms with van der Waals surface area (Å²) in [5, 5.41) is 0. The third-order valence-corrected chi connectivity index (χ3v) is 8.49. The van der Waals surface area contributed by atoms with Gasteiger partial charge >= 0.3 is 24.4 Å². The third kappa shape index (κ3) is 9.62. The molecule has 0 N–H and O–H groups in total. The van der Waals surface area contributed by atoms with Crippen LogP contribution in [0.2, 0.25) is 0 Å². The molecular weight excluding hydrogens is 694 g/mol. The lowest BCUT2D eigenvalue weighted by Crippen LogP contribution is -2.48. The van der Waals surface area contributed by atoms with Gasteiger partial charge in [0, 0.05) is 37.4 Å². The summed E-state index contributed by atoms with van der Waals surface area (Å²) in [5.74, 6) is -0.376. The van der Waals surface area contributed by atoms with Gasteiger partial charge in [-0.15, -0.1) is 0 Å². The van der Waals surface area contributed by atoms with Gasteiger partial charge in [-0.05, 0) is 84.2 Å². The number of amides is 1. The molecule has 0 spiro atoms. The van der Waals surface area contributed by atoms with Crippen molar-refractivity contribution in [2.75, 3.05) is 34.9 Å². The molecule has 284 valence electrons. The van der Waals surface area contributed by atoms with Crippen LogP contribution in [0.4, 0.5) is 48.5 Å². The van der Waals surface area contributed by atoms with E-state index in [1.807, 2.05) is 6.92 Å². The van der Waals surface area contributed by atoms with E-state index in [2.05, 4.69) is 15.0 Å². The van der Waals surface area contributed by atoms with Crippen molar-refractivity contribution in [3.63, 3.8) is 0 Å². The fourth-order valence-electron chi connectivity index (χ4n) is 6.24. The van der Waals surface area contributed by atoms with Gasteiger partial charge < -0.3 is 19.3 Å². The van der Waals surface area contributed by atoms with E-state index >= 15 is 0 Å². The van der Waals surface area contributed by atoms with Gasteiger partial charge in [0.2, 0.25) is 5.95 Å². The minimum atomic E-state index is -5.05. The average molecular weight is 739 g/mol. The zero-order valence-electron chi connectivity index (χ0n) is 30.4. The van der Waals surface area contributed by atoms with Crippen molar-refractivity contribution in [2.24, 2.45) is 0 Å². The predicted molar refractivity (Wildman–Crippen MR) is 183 cm³/mol. The summed E-state index contributed by atoms with van der Waals surface area (Å²) in [7, 11) is 1.72. The first-order valence-electron chi connectivity index (χ1n) is 16.9. The Morgan fingerprint density at radius 2 is 1.54 bits per heavy atom. The number of benzene rings is 1. The summed E-state index contributed by atoms with van der Waals surface area (Å²) in [6.07, 6.45) is -7.03. The number of anilines is 3. The molecule has 1 aliphatic heterocycles. The van der Waals surface area contributed by atoms with Crippen LogP contribution in [0.3, 0.4) is 0 Å². The zero-order valence-corrected chi connectivity index (χ0v) is 30.4. The van der Waals surface area contributed by atoms with E-state index in [1.54, 1.807) is 64.5 Å². The third-order valence-electron chi connectivity index (χ3n) is 8.49. The zero-order chi connectivity index (χ0) is 38.8. The molecule has 0 saturated heterocycles. The Balaban J connectivity index is 1.85. The van der Waals surface area contributed by atoms with E-state index in [4.69, 9.17) is 9.47 Å². The van der Waals surface area contributed by atoms with E-state index in [0.717, 1.165) is 0 Å². The van der Waals surface area contributed by atoms with Crippen molar-refractivity contribution in [1.29, 1.82) is 0 Å². The lowest BCUT2D eigenvalue weighted by Gasteiger charge is -2.44. The highest BCUT2D eigenvalue weighted by Crippen LogP contribution is 2.45. The highest BCUT2D eigenvalue weighted by Gasteiger charge is 2.42. The molecule has 3 heterocycles. The Morgan fingerprint density at radius 3 is 2.06 bits per heavy atom. The number of rotatable bonds is 10. The van der Waals surface area contributed by atoms with Gasteiger partial charge in [0.05, 0.1) is 59.7 Å². The van der Waals surface area contributed by atoms with Gasteiger partial charge in [-0.2, -0.15) is 26.3 Å². The number of esters is 1. The van der Waals surface area contributed by atoms with Crippen molar-refractivity contribution >= 4 is 29.4 Å². The number of pyridine rings is 1. The number of halogens is 6. The first-order valence-corrected chi connectivity index (χ1v) is 16.9. The summed E-state index contributed by atoms with van der Waals surface area (Å²) in [5.41, 5.74) is -1.23. The van der Waals surface area contributed by atoms with E-state index < -0.39 is 59.8 Å². The topological polar surface area (TPSA) is 101 Å². The predicted octanol–water partition coefficient (Wildman–Crippen LogP) is 8.59. The summed E-state index contributed by atoms with van der Waals surface area (Å²) in [6, 6.07) is 2.01. The van der Waals surface area contributed by atoms with Crippen molar-refractivity contribution in [1.82, 2.24) is 15.0 Å². The van der Waals surface area contributed by atoms with Gasteiger partial charge in [0.1, 0.15) is 5.60 Å². The van der Waals surface area contributed by atoms with Crippen molar-refractivity contribution < 1.29 is 45.4 Å². The van der Waals surface area contributed by atoms with Gasteiger partial charge in [0.25, 0.3) is 0 Å². The molecule has 0 fully saturated rings. The molecule has 1 aromatic carbocycles. The monoisotopic (exact) mass is 738 g/mol. The molecule has 2 atom stereocenters. The SMILES string of the molecule is CCOC(=O)N1c2c(cc(C)nc2C)C(N(Cc2cc(C(F)(F)F)cc(C(F)(F)F)c2)c2ncc(N(C)CCC(=O)OC(C)(C)C)cn2)CC1CC. The minimum absolute atomic E-state index is 0.0257. The number of hydrogen-bond acceptors (Lipinski definition) is 9. The smallest absolute Gasteiger partial charge is 0.416 e. The number of carbonyl (C=O) groups is 2. The number of hydrogen-bond donors (Lipinski definition) is 0. The Labute approximate surface area is 299 Å². The molecule has 10 nitrogen and oxygen atoms in total. The maximum Gasteiger partial charge on any atom is 0.416 e. The summed E-state index contributed by atoms with van der Waals surface area (Å²) in [6.45, 7) is 12.2. The normalized spacial score (nSPS) is 16.3. The molecule has 0 radical (unpaired) electrons. The molecular formula is C36H44F6N6O4. The van der Waals surface area contributed by atoms with Crippen molar-refractivity contribution in [3.8, 4) is 0 Å². The number of aryl methyl sites for hydroxylation is 2. The van der Waals surface area contributed by atoms with E-state index in [0.29, 0.717) is 46.9 Å². The molecule has 0 saturated carbocycles. The largest absolute Gasteiger partial charge is 0.460 e. The van der Waals surface area contributed by atoms with E-state index in [-0.39, 0.29) is 43.6 Å². The Morgan fingerprint density at radius 1 is 0.942 bits per heavy atom. The van der Waals surface area contributed by atoms with Crippen LogP contribution in [-0.2, 0) is 33.2 Å². The Hall–Kier alpha value is -4.63. The van der Waals surface area contributed by atoms with E-state index in [9.17, 15) is 35.9 Å². The van der Waals surface area contributed by atoms with Gasteiger partial charge in [-0.25, -0.2) is 14.8 Å². The molecule has 1 amide bonds. The number of aromatic nitrogens is 3. The summed E-state index contributed by atoms with van der Waals surface area (Å²) in [4.78, 5) is 44.1. The van der Waals surface area contributed by atoms with Crippen LogP contribution in [0.5, 0.6) is 0 Å². The molecule has 4 rings (SSSR count). The highest BCUT2D eigenvalue weighted by atomic mass is 19.4. The molecule has 0 bridgehead atoms. The van der Waals surface area contributed by atoms with Crippen molar-refractivity contribution in [2.45, 2.75) is 104 Å². The maximum absolute atomic E-state index is 13.9. The fraction of sp³-hybridized carbons (Fsp3) is 0.528. The highest BCUT2D eigenvalue weighted by molar-refractivity contribution is 5.91. The second kappa shape index (κ2) is 15.5. The number of carbonyl (C=O) groups excluding carboxylic acids is 2. The Bertz CT molecular complexity index is 1710. The van der Waals surface area contributed by atoms with Crippen LogP contribution in [0.15, 0.2) is 36.7 Å². The first-order chi connectivity index (χ1) is 24.1. The number of nitrogens with zero attached hydrogens (tertiary/aromatic N) is 6. The molecule has 16 heteroatoms. The van der Waals surface area contributed by atoms with Crippen LogP contribution in [0, 0.1) is 13.8 Å². The minimum Gasteiger partial charge on any atom is -0.460 e. The molecule has 2 unspecified atom stereocenters. The molecule has 0 aliphatic carbocycles. The van der Waals surface area contributed by atoms with Gasteiger partial charge in [0.15, 0.2) is 0 Å². The van der Waals surface area contributed by atoms with Crippen LogP contribution in [0.1, 0.15) is 93.6 Å². The molecule has 2 aromatic heterocycles. The maximum atomic E-state index is 13.9. The van der Waals surface area contributed by atoms with Gasteiger partial charge in [-0.3, -0.25) is 14.7 Å². The number of ether oxygens (including phenoxy) is 2. The Kier molecular flexibility index (Phi) is 12.0. The molecule has 3 aromatic rings. The lowest BCUT2D eigenvalue weighted by atomic mass is 9.88.